The summed E-state index contributed by atoms with van der Waals surface area (Å²) >= 11 is 0. The Bertz CT molecular complexity index is 527. The maximum Gasteiger partial charge on any atom is 0.0684 e. The number of hydrogen-bond donors (Lipinski definition) is 2. The Morgan fingerprint density at radius 2 is 2.24 bits per heavy atom. The summed E-state index contributed by atoms with van der Waals surface area (Å²) in [5.41, 5.74) is 8.37. The van der Waals surface area contributed by atoms with Gasteiger partial charge < -0.3 is 11.1 Å². The number of nitrogens with two attached hydrogens (primary N) is 1. The average molecular weight is 230 g/mol. The smallest absolute Gasteiger partial charge is 0.0684 e. The average Bonchev–Trinajstić information content (AvgIpc) is 2.69. The standard InChI is InChI=1S/C13H18N4/c1-2-3-11(14)6-7-17-13-5-4-12(15)8-10(13)9-16-17/h4-5,8-9,14H,2-3,6-7,15H2,1H3. The van der Waals surface area contributed by atoms with Gasteiger partial charge in [0.25, 0.3) is 0 Å². The molecule has 1 aromatic carbocycles. The molecule has 0 aliphatic carbocycles. The molecule has 2 aromatic rings. The SMILES string of the molecule is CCCC(=N)CCn1ncc2cc(N)ccc21. The first-order valence-electron chi connectivity index (χ1n) is 5.98. The lowest BCUT2D eigenvalue weighted by Gasteiger charge is -2.04. The molecule has 0 aliphatic rings. The van der Waals surface area contributed by atoms with E-state index in [-0.39, 0.29) is 0 Å². The molecular weight excluding hydrogens is 212 g/mol. The summed E-state index contributed by atoms with van der Waals surface area (Å²) in [4.78, 5) is 0. The summed E-state index contributed by atoms with van der Waals surface area (Å²) in [6, 6.07) is 5.80. The predicted molar refractivity (Wildman–Crippen MR) is 71.4 cm³/mol. The van der Waals surface area contributed by atoms with E-state index >= 15 is 0 Å². The van der Waals surface area contributed by atoms with Gasteiger partial charge in [0, 0.05) is 29.8 Å². The van der Waals surface area contributed by atoms with E-state index < -0.39 is 0 Å². The van der Waals surface area contributed by atoms with Gasteiger partial charge in [0.2, 0.25) is 0 Å². The summed E-state index contributed by atoms with van der Waals surface area (Å²) < 4.78 is 1.94. The van der Waals surface area contributed by atoms with Crippen molar-refractivity contribution in [2.24, 2.45) is 0 Å². The van der Waals surface area contributed by atoms with Gasteiger partial charge in [-0.05, 0) is 24.6 Å². The van der Waals surface area contributed by atoms with Crippen LogP contribution >= 0.6 is 0 Å². The number of aryl methyl sites for hydroxylation is 1. The van der Waals surface area contributed by atoms with E-state index in [0.717, 1.165) is 48.1 Å². The van der Waals surface area contributed by atoms with Gasteiger partial charge >= 0.3 is 0 Å². The second-order valence-corrected chi connectivity index (χ2v) is 4.29. The third kappa shape index (κ3) is 2.64. The maximum absolute atomic E-state index is 7.77. The normalized spacial score (nSPS) is 10.9. The van der Waals surface area contributed by atoms with E-state index in [1.807, 2.05) is 29.1 Å². The van der Waals surface area contributed by atoms with Crippen LogP contribution in [0.15, 0.2) is 24.4 Å². The van der Waals surface area contributed by atoms with Crippen molar-refractivity contribution in [3.63, 3.8) is 0 Å². The highest BCUT2D eigenvalue weighted by Crippen LogP contribution is 2.17. The van der Waals surface area contributed by atoms with E-state index in [1.54, 1.807) is 0 Å². The van der Waals surface area contributed by atoms with Crippen LogP contribution in [0.1, 0.15) is 26.2 Å². The van der Waals surface area contributed by atoms with Crippen molar-refractivity contribution in [2.45, 2.75) is 32.7 Å². The molecular formula is C13H18N4. The second-order valence-electron chi connectivity index (χ2n) is 4.29. The molecule has 90 valence electrons. The van der Waals surface area contributed by atoms with E-state index in [9.17, 15) is 0 Å². The zero-order valence-electron chi connectivity index (χ0n) is 10.1. The van der Waals surface area contributed by atoms with Crippen molar-refractivity contribution >= 4 is 22.3 Å². The van der Waals surface area contributed by atoms with Gasteiger partial charge in [-0.25, -0.2) is 0 Å². The molecule has 17 heavy (non-hydrogen) atoms. The minimum Gasteiger partial charge on any atom is -0.399 e. The highest BCUT2D eigenvalue weighted by atomic mass is 15.3. The van der Waals surface area contributed by atoms with E-state index in [1.165, 1.54) is 0 Å². The molecule has 2 rings (SSSR count). The quantitative estimate of drug-likeness (QED) is 0.612. The molecule has 0 radical (unpaired) electrons. The summed E-state index contributed by atoms with van der Waals surface area (Å²) in [6.45, 7) is 2.87. The van der Waals surface area contributed by atoms with Crippen LogP contribution in [0, 0.1) is 5.41 Å². The molecule has 0 spiro atoms. The second kappa shape index (κ2) is 4.99. The number of nitrogens with zero attached hydrogens (tertiary/aromatic N) is 2. The lowest BCUT2D eigenvalue weighted by molar-refractivity contribution is 0.650. The molecule has 0 saturated heterocycles. The summed E-state index contributed by atoms with van der Waals surface area (Å²) in [5, 5.41) is 13.2. The van der Waals surface area contributed by atoms with Gasteiger partial charge in [0.1, 0.15) is 0 Å². The molecule has 0 saturated carbocycles. The highest BCUT2D eigenvalue weighted by molar-refractivity contribution is 5.83. The van der Waals surface area contributed by atoms with Crippen LogP contribution in [-0.4, -0.2) is 15.5 Å². The molecule has 4 heteroatoms. The first-order valence-corrected chi connectivity index (χ1v) is 5.98. The van der Waals surface area contributed by atoms with E-state index in [0.29, 0.717) is 0 Å². The van der Waals surface area contributed by atoms with Crippen molar-refractivity contribution in [3.05, 3.63) is 24.4 Å². The highest BCUT2D eigenvalue weighted by Gasteiger charge is 2.03. The first-order chi connectivity index (χ1) is 8.20. The lowest BCUT2D eigenvalue weighted by atomic mass is 10.1. The fourth-order valence-corrected chi connectivity index (χ4v) is 1.95. The van der Waals surface area contributed by atoms with Crippen LogP contribution in [0.25, 0.3) is 10.9 Å². The summed E-state index contributed by atoms with van der Waals surface area (Å²) in [7, 11) is 0. The van der Waals surface area contributed by atoms with E-state index in [2.05, 4.69) is 12.0 Å². The van der Waals surface area contributed by atoms with Crippen LogP contribution in [0.2, 0.25) is 0 Å². The molecule has 0 atom stereocenters. The van der Waals surface area contributed by atoms with Gasteiger partial charge in [0.15, 0.2) is 0 Å². The third-order valence-electron chi connectivity index (χ3n) is 2.84. The summed E-state index contributed by atoms with van der Waals surface area (Å²) in [6.07, 6.45) is 4.52. The number of fused-ring (bicyclic) bond motifs is 1. The fraction of sp³-hybridized carbons (Fsp3) is 0.385. The Kier molecular flexibility index (Phi) is 3.42. The monoisotopic (exact) mass is 230 g/mol. The minimum atomic E-state index is 0.760. The van der Waals surface area contributed by atoms with Crippen LogP contribution in [0.5, 0.6) is 0 Å². The molecule has 0 aliphatic heterocycles. The minimum absolute atomic E-state index is 0.760. The number of nitrogen functional groups attached to an aromatic ring is 1. The Labute approximate surface area is 101 Å². The van der Waals surface area contributed by atoms with Crippen LogP contribution in [0.3, 0.4) is 0 Å². The van der Waals surface area contributed by atoms with Crippen LogP contribution in [-0.2, 0) is 6.54 Å². The van der Waals surface area contributed by atoms with Gasteiger partial charge in [0.05, 0.1) is 11.7 Å². The number of nitrogens with one attached hydrogen (secondary N) is 1. The number of anilines is 1. The molecule has 0 amide bonds. The Balaban J connectivity index is 2.11. The Morgan fingerprint density at radius 1 is 1.41 bits per heavy atom. The molecule has 3 N–H and O–H groups in total. The van der Waals surface area contributed by atoms with Crippen molar-refractivity contribution in [3.8, 4) is 0 Å². The zero-order valence-corrected chi connectivity index (χ0v) is 10.1. The lowest BCUT2D eigenvalue weighted by Crippen LogP contribution is -2.05. The predicted octanol–water partition coefficient (Wildman–Crippen LogP) is 2.83. The first kappa shape index (κ1) is 11.6. The summed E-state index contributed by atoms with van der Waals surface area (Å²) in [5.74, 6) is 0. The molecule has 4 nitrogen and oxygen atoms in total. The zero-order chi connectivity index (χ0) is 12.3. The largest absolute Gasteiger partial charge is 0.399 e. The Hall–Kier alpha value is -1.84. The number of rotatable bonds is 5. The molecule has 0 fully saturated rings. The molecule has 1 aromatic heterocycles. The number of benzene rings is 1. The van der Waals surface area contributed by atoms with Crippen molar-refractivity contribution < 1.29 is 0 Å². The number of hydrogen-bond acceptors (Lipinski definition) is 3. The van der Waals surface area contributed by atoms with Gasteiger partial charge in [-0.1, -0.05) is 13.3 Å². The van der Waals surface area contributed by atoms with Crippen molar-refractivity contribution in [2.75, 3.05) is 5.73 Å². The number of aromatic nitrogens is 2. The maximum atomic E-state index is 7.77. The third-order valence-corrected chi connectivity index (χ3v) is 2.84. The van der Waals surface area contributed by atoms with Crippen LogP contribution < -0.4 is 5.73 Å². The molecule has 0 unspecified atom stereocenters. The van der Waals surface area contributed by atoms with Crippen molar-refractivity contribution in [1.82, 2.24) is 9.78 Å². The molecule has 1 heterocycles. The van der Waals surface area contributed by atoms with Crippen LogP contribution in [0.4, 0.5) is 5.69 Å². The van der Waals surface area contributed by atoms with Gasteiger partial charge in [-0.3, -0.25) is 4.68 Å². The van der Waals surface area contributed by atoms with Crippen molar-refractivity contribution in [1.29, 1.82) is 5.41 Å². The van der Waals surface area contributed by atoms with E-state index in [4.69, 9.17) is 11.1 Å². The van der Waals surface area contributed by atoms with Gasteiger partial charge in [-0.2, -0.15) is 5.10 Å². The fourth-order valence-electron chi connectivity index (χ4n) is 1.95. The molecule has 0 bridgehead atoms. The van der Waals surface area contributed by atoms with Gasteiger partial charge in [-0.15, -0.1) is 0 Å². The topological polar surface area (TPSA) is 67.7 Å². The Morgan fingerprint density at radius 3 is 3.00 bits per heavy atom.